The van der Waals surface area contributed by atoms with Crippen molar-refractivity contribution < 1.29 is 0 Å². The van der Waals surface area contributed by atoms with Gasteiger partial charge in [0.25, 0.3) is 0 Å². The molecular formula is C12H17ClN2. The molecule has 2 rings (SSSR count). The Labute approximate surface area is 96.1 Å². The van der Waals surface area contributed by atoms with Crippen LogP contribution < -0.4 is 0 Å². The summed E-state index contributed by atoms with van der Waals surface area (Å²) < 4.78 is 0. The second-order valence-electron chi connectivity index (χ2n) is 4.47. The predicted molar refractivity (Wildman–Crippen MR) is 62.2 cm³/mol. The zero-order valence-electron chi connectivity index (χ0n) is 9.33. The van der Waals surface area contributed by atoms with Gasteiger partial charge in [0.15, 0.2) is 0 Å². The Morgan fingerprint density at radius 2 is 2.20 bits per heavy atom. The molecule has 0 aromatic carbocycles. The Bertz CT molecular complexity index is 331. The Morgan fingerprint density at radius 3 is 2.80 bits per heavy atom. The maximum atomic E-state index is 5.95. The molecule has 0 radical (unpaired) electrons. The van der Waals surface area contributed by atoms with E-state index in [2.05, 4.69) is 16.9 Å². The Balaban J connectivity index is 2.16. The third kappa shape index (κ3) is 2.49. The molecule has 2 atom stereocenters. The van der Waals surface area contributed by atoms with Crippen LogP contribution in [-0.4, -0.2) is 9.97 Å². The maximum absolute atomic E-state index is 5.95. The van der Waals surface area contributed by atoms with Gasteiger partial charge in [0.05, 0.1) is 0 Å². The summed E-state index contributed by atoms with van der Waals surface area (Å²) in [4.78, 5) is 8.83. The van der Waals surface area contributed by atoms with E-state index in [0.717, 1.165) is 17.4 Å². The lowest BCUT2D eigenvalue weighted by Gasteiger charge is -2.09. The van der Waals surface area contributed by atoms with Crippen molar-refractivity contribution in [3.63, 3.8) is 0 Å². The van der Waals surface area contributed by atoms with Crippen LogP contribution in [0.4, 0.5) is 0 Å². The van der Waals surface area contributed by atoms with Crippen LogP contribution in [0.15, 0.2) is 6.07 Å². The van der Waals surface area contributed by atoms with E-state index in [0.29, 0.717) is 11.1 Å². The molecule has 0 aliphatic heterocycles. The molecule has 1 saturated carbocycles. The summed E-state index contributed by atoms with van der Waals surface area (Å²) >= 11 is 5.95. The van der Waals surface area contributed by atoms with E-state index in [1.807, 2.05) is 13.0 Å². The van der Waals surface area contributed by atoms with Gasteiger partial charge in [-0.3, -0.25) is 0 Å². The highest BCUT2D eigenvalue weighted by atomic mass is 35.5. The van der Waals surface area contributed by atoms with Crippen molar-refractivity contribution in [2.75, 3.05) is 0 Å². The minimum Gasteiger partial charge on any atom is -0.238 e. The van der Waals surface area contributed by atoms with Gasteiger partial charge < -0.3 is 0 Å². The average molecular weight is 225 g/mol. The molecule has 1 aromatic rings. The third-order valence-electron chi connectivity index (χ3n) is 3.32. The first kappa shape index (κ1) is 10.9. The van der Waals surface area contributed by atoms with Gasteiger partial charge in [0.2, 0.25) is 0 Å². The first-order valence-electron chi connectivity index (χ1n) is 5.70. The van der Waals surface area contributed by atoms with Gasteiger partial charge in [0, 0.05) is 11.6 Å². The van der Waals surface area contributed by atoms with Crippen LogP contribution in [0.25, 0.3) is 0 Å². The summed E-state index contributed by atoms with van der Waals surface area (Å²) in [5, 5.41) is 0.581. The molecule has 2 unspecified atom stereocenters. The van der Waals surface area contributed by atoms with Gasteiger partial charge in [-0.2, -0.15) is 0 Å². The topological polar surface area (TPSA) is 25.8 Å². The molecule has 1 aromatic heterocycles. The van der Waals surface area contributed by atoms with E-state index in [4.69, 9.17) is 11.6 Å². The van der Waals surface area contributed by atoms with Crippen LogP contribution in [0.3, 0.4) is 0 Å². The third-order valence-corrected chi connectivity index (χ3v) is 3.52. The number of halogens is 1. The molecule has 1 aliphatic carbocycles. The fraction of sp³-hybridized carbons (Fsp3) is 0.667. The number of rotatable bonds is 2. The molecule has 1 fully saturated rings. The summed E-state index contributed by atoms with van der Waals surface area (Å²) in [5.74, 6) is 2.35. The van der Waals surface area contributed by atoms with Crippen molar-refractivity contribution in [1.82, 2.24) is 9.97 Å². The second kappa shape index (κ2) is 4.48. The first-order valence-corrected chi connectivity index (χ1v) is 6.08. The zero-order chi connectivity index (χ0) is 10.8. The second-order valence-corrected chi connectivity index (χ2v) is 4.86. The molecule has 0 N–H and O–H groups in total. The van der Waals surface area contributed by atoms with Gasteiger partial charge in [-0.15, -0.1) is 0 Å². The molecule has 1 aliphatic rings. The van der Waals surface area contributed by atoms with Crippen molar-refractivity contribution >= 4 is 11.6 Å². The van der Waals surface area contributed by atoms with Crippen LogP contribution in [0.1, 0.15) is 50.0 Å². The molecule has 3 heteroatoms. The van der Waals surface area contributed by atoms with E-state index in [1.54, 1.807) is 0 Å². The average Bonchev–Trinajstić information content (AvgIpc) is 2.64. The predicted octanol–water partition coefficient (Wildman–Crippen LogP) is 3.73. The van der Waals surface area contributed by atoms with Gasteiger partial charge in [-0.05, 0) is 38.2 Å². The number of aryl methyl sites for hydroxylation is 1. The number of nitrogens with zero attached hydrogens (tertiary/aromatic N) is 2. The van der Waals surface area contributed by atoms with E-state index in [9.17, 15) is 0 Å². The highest BCUT2D eigenvalue weighted by molar-refractivity contribution is 6.29. The molecule has 15 heavy (non-hydrogen) atoms. The number of hydrogen-bond acceptors (Lipinski definition) is 2. The van der Waals surface area contributed by atoms with E-state index in [-0.39, 0.29) is 0 Å². The lowest BCUT2D eigenvalue weighted by Crippen LogP contribution is -2.03. The summed E-state index contributed by atoms with van der Waals surface area (Å²) in [6.45, 7) is 4.24. The molecule has 0 amide bonds. The van der Waals surface area contributed by atoms with Gasteiger partial charge >= 0.3 is 0 Å². The van der Waals surface area contributed by atoms with Crippen LogP contribution in [0.5, 0.6) is 0 Å². The smallest absolute Gasteiger partial charge is 0.133 e. The molecule has 0 spiro atoms. The van der Waals surface area contributed by atoms with Crippen LogP contribution in [0, 0.1) is 12.8 Å². The lowest BCUT2D eigenvalue weighted by atomic mass is 10.0. The Morgan fingerprint density at radius 1 is 1.40 bits per heavy atom. The molecule has 2 nitrogen and oxygen atoms in total. The standard InChI is InChI=1S/C12H17ClN2/c1-3-9-4-5-10(7-9)12-14-8(2)6-11(13)15-12/h6,9-10H,3-5,7H2,1-2H3. The van der Waals surface area contributed by atoms with Crippen LogP contribution in [0.2, 0.25) is 5.15 Å². The normalized spacial score (nSPS) is 25.8. The van der Waals surface area contributed by atoms with Crippen molar-refractivity contribution in [2.24, 2.45) is 5.92 Å². The monoisotopic (exact) mass is 224 g/mol. The summed E-state index contributed by atoms with van der Waals surface area (Å²) in [6.07, 6.45) is 5.04. The van der Waals surface area contributed by atoms with E-state index >= 15 is 0 Å². The van der Waals surface area contributed by atoms with E-state index in [1.165, 1.54) is 25.7 Å². The van der Waals surface area contributed by atoms with Gasteiger partial charge in [-0.1, -0.05) is 24.9 Å². The van der Waals surface area contributed by atoms with Crippen molar-refractivity contribution in [3.05, 3.63) is 22.7 Å². The quantitative estimate of drug-likeness (QED) is 0.716. The van der Waals surface area contributed by atoms with Crippen molar-refractivity contribution in [3.8, 4) is 0 Å². The van der Waals surface area contributed by atoms with Crippen molar-refractivity contribution in [1.29, 1.82) is 0 Å². The Kier molecular flexibility index (Phi) is 3.25. The molecule has 1 heterocycles. The van der Waals surface area contributed by atoms with Gasteiger partial charge in [-0.25, -0.2) is 9.97 Å². The van der Waals surface area contributed by atoms with E-state index < -0.39 is 0 Å². The fourth-order valence-corrected chi connectivity index (χ4v) is 2.66. The minimum absolute atomic E-state index is 0.535. The van der Waals surface area contributed by atoms with Crippen LogP contribution in [-0.2, 0) is 0 Å². The molecule has 82 valence electrons. The first-order chi connectivity index (χ1) is 7.19. The molecule has 0 bridgehead atoms. The summed E-state index contributed by atoms with van der Waals surface area (Å²) in [5.41, 5.74) is 0.977. The maximum Gasteiger partial charge on any atom is 0.133 e. The highest BCUT2D eigenvalue weighted by Crippen LogP contribution is 2.38. The molecule has 0 saturated heterocycles. The minimum atomic E-state index is 0.535. The largest absolute Gasteiger partial charge is 0.238 e. The van der Waals surface area contributed by atoms with Gasteiger partial charge in [0.1, 0.15) is 11.0 Å². The summed E-state index contributed by atoms with van der Waals surface area (Å²) in [6, 6.07) is 1.82. The lowest BCUT2D eigenvalue weighted by molar-refractivity contribution is 0.516. The number of hydrogen-bond donors (Lipinski definition) is 0. The fourth-order valence-electron chi connectivity index (χ4n) is 2.41. The highest BCUT2D eigenvalue weighted by Gasteiger charge is 2.26. The van der Waals surface area contributed by atoms with Crippen LogP contribution >= 0.6 is 11.6 Å². The zero-order valence-corrected chi connectivity index (χ0v) is 10.1. The number of aromatic nitrogens is 2. The SMILES string of the molecule is CCC1CCC(c2nc(C)cc(Cl)n2)C1. The Hall–Kier alpha value is -0.630. The molecular weight excluding hydrogens is 208 g/mol. The van der Waals surface area contributed by atoms with Crippen molar-refractivity contribution in [2.45, 2.75) is 45.4 Å². The summed E-state index contributed by atoms with van der Waals surface area (Å²) in [7, 11) is 0.